The number of aromatic nitrogens is 3. The molecule has 1 aliphatic rings. The van der Waals surface area contributed by atoms with Gasteiger partial charge in [0.2, 0.25) is 0 Å². The van der Waals surface area contributed by atoms with Gasteiger partial charge in [-0.15, -0.1) is 5.10 Å². The largest absolute Gasteiger partial charge is 0.378 e. The van der Waals surface area contributed by atoms with Crippen LogP contribution in [0.2, 0.25) is 0 Å². The summed E-state index contributed by atoms with van der Waals surface area (Å²) in [6, 6.07) is 10.3. The smallest absolute Gasteiger partial charge is 0.156 e. The fourth-order valence-corrected chi connectivity index (χ4v) is 3.65. The van der Waals surface area contributed by atoms with Gasteiger partial charge in [-0.1, -0.05) is 6.07 Å². The van der Waals surface area contributed by atoms with Crippen LogP contribution in [0.25, 0.3) is 10.8 Å². The van der Waals surface area contributed by atoms with Crippen LogP contribution < -0.4 is 10.2 Å². The summed E-state index contributed by atoms with van der Waals surface area (Å²) < 4.78 is 5.45. The van der Waals surface area contributed by atoms with Crippen LogP contribution in [0.1, 0.15) is 22.4 Å². The number of morpholine rings is 1. The summed E-state index contributed by atoms with van der Waals surface area (Å²) in [7, 11) is 0. The second kappa shape index (κ2) is 8.41. The van der Waals surface area contributed by atoms with E-state index in [1.54, 1.807) is 0 Å². The molecule has 0 radical (unpaired) electrons. The van der Waals surface area contributed by atoms with Gasteiger partial charge in [0.15, 0.2) is 5.82 Å². The molecule has 1 fully saturated rings. The average Bonchev–Trinajstić information content (AvgIpc) is 2.75. The lowest BCUT2D eigenvalue weighted by Gasteiger charge is -2.28. The molecule has 0 bridgehead atoms. The number of benzene rings is 1. The predicted molar refractivity (Wildman–Crippen MR) is 113 cm³/mol. The van der Waals surface area contributed by atoms with Gasteiger partial charge in [0, 0.05) is 36.6 Å². The zero-order valence-electron chi connectivity index (χ0n) is 16.8. The van der Waals surface area contributed by atoms with E-state index in [1.165, 1.54) is 0 Å². The Hall–Kier alpha value is -3.24. The molecule has 3 aromatic rings. The van der Waals surface area contributed by atoms with Crippen molar-refractivity contribution >= 4 is 22.4 Å². The highest BCUT2D eigenvalue weighted by Crippen LogP contribution is 2.26. The van der Waals surface area contributed by atoms with E-state index >= 15 is 0 Å². The lowest BCUT2D eigenvalue weighted by atomic mass is 10.0. The number of hydrogen-bond donors (Lipinski definition) is 1. The molecule has 0 amide bonds. The van der Waals surface area contributed by atoms with E-state index in [1.807, 2.05) is 32.2 Å². The van der Waals surface area contributed by atoms with Gasteiger partial charge in [-0.05, 0) is 49.6 Å². The van der Waals surface area contributed by atoms with E-state index in [0.717, 1.165) is 72.0 Å². The van der Waals surface area contributed by atoms with Gasteiger partial charge >= 0.3 is 0 Å². The summed E-state index contributed by atoms with van der Waals surface area (Å²) in [5, 5.41) is 23.3. The average molecular weight is 388 g/mol. The number of fused-ring (bicyclic) bond motifs is 1. The molecule has 29 heavy (non-hydrogen) atoms. The molecule has 0 aliphatic carbocycles. The Morgan fingerprint density at radius 2 is 1.93 bits per heavy atom. The minimum atomic E-state index is 0.696. The Morgan fingerprint density at radius 3 is 2.72 bits per heavy atom. The predicted octanol–water partition coefficient (Wildman–Crippen LogP) is 3.00. The second-order valence-corrected chi connectivity index (χ2v) is 7.32. The lowest BCUT2D eigenvalue weighted by Crippen LogP contribution is -2.36. The first-order chi connectivity index (χ1) is 14.1. The molecular formula is C22H24N6O. The third kappa shape index (κ3) is 4.28. The van der Waals surface area contributed by atoms with E-state index < -0.39 is 0 Å². The minimum Gasteiger partial charge on any atom is -0.378 e. The second-order valence-electron chi connectivity index (χ2n) is 7.32. The van der Waals surface area contributed by atoms with Gasteiger partial charge in [0.05, 0.1) is 30.5 Å². The third-order valence-corrected chi connectivity index (χ3v) is 5.14. The fourth-order valence-electron chi connectivity index (χ4n) is 3.65. The molecule has 7 heteroatoms. The van der Waals surface area contributed by atoms with Crippen molar-refractivity contribution in [1.82, 2.24) is 15.2 Å². The van der Waals surface area contributed by atoms with Crippen LogP contribution in [0.5, 0.6) is 0 Å². The number of nitriles is 1. The SMILES string of the molecule is Cc1cc(C#N)cc(CCNc2nnc(C)c3cnc(N4CCOCC4)cc23)c1. The number of nitrogens with one attached hydrogen (secondary N) is 1. The number of pyridine rings is 1. The third-order valence-electron chi connectivity index (χ3n) is 5.14. The molecule has 1 N–H and O–H groups in total. The summed E-state index contributed by atoms with van der Waals surface area (Å²) in [5.74, 6) is 1.70. The summed E-state index contributed by atoms with van der Waals surface area (Å²) in [6.07, 6.45) is 2.68. The van der Waals surface area contributed by atoms with Crippen molar-refractivity contribution in [3.8, 4) is 6.07 Å². The van der Waals surface area contributed by atoms with Crippen molar-refractivity contribution in [1.29, 1.82) is 5.26 Å². The maximum Gasteiger partial charge on any atom is 0.156 e. The van der Waals surface area contributed by atoms with Crippen LogP contribution in [-0.2, 0) is 11.2 Å². The number of rotatable bonds is 5. The normalized spacial score (nSPS) is 14.0. The topological polar surface area (TPSA) is 87.0 Å². The summed E-state index contributed by atoms with van der Waals surface area (Å²) in [5.41, 5.74) is 3.79. The molecule has 2 aromatic heterocycles. The van der Waals surface area contributed by atoms with Crippen LogP contribution in [0.4, 0.5) is 11.6 Å². The van der Waals surface area contributed by atoms with Gasteiger partial charge in [-0.25, -0.2) is 4.98 Å². The highest BCUT2D eigenvalue weighted by molar-refractivity contribution is 5.94. The molecule has 4 rings (SSSR count). The van der Waals surface area contributed by atoms with Crippen LogP contribution >= 0.6 is 0 Å². The molecule has 0 unspecified atom stereocenters. The maximum atomic E-state index is 9.17. The van der Waals surface area contributed by atoms with Gasteiger partial charge in [0.1, 0.15) is 5.82 Å². The van der Waals surface area contributed by atoms with E-state index in [2.05, 4.69) is 43.6 Å². The van der Waals surface area contributed by atoms with E-state index in [0.29, 0.717) is 12.1 Å². The molecule has 1 aromatic carbocycles. The Labute approximate surface area is 170 Å². The van der Waals surface area contributed by atoms with Gasteiger partial charge in [-0.3, -0.25) is 0 Å². The highest BCUT2D eigenvalue weighted by atomic mass is 16.5. The van der Waals surface area contributed by atoms with Crippen LogP contribution in [-0.4, -0.2) is 48.0 Å². The fraction of sp³-hybridized carbons (Fsp3) is 0.364. The number of ether oxygens (including phenoxy) is 1. The first-order valence-electron chi connectivity index (χ1n) is 9.84. The molecular weight excluding hydrogens is 364 g/mol. The molecule has 3 heterocycles. The quantitative estimate of drug-likeness (QED) is 0.719. The van der Waals surface area contributed by atoms with Gasteiger partial charge < -0.3 is 15.0 Å². The van der Waals surface area contributed by atoms with Crippen molar-refractivity contribution in [2.45, 2.75) is 20.3 Å². The Morgan fingerprint density at radius 1 is 1.10 bits per heavy atom. The molecule has 0 spiro atoms. The molecule has 7 nitrogen and oxygen atoms in total. The molecule has 1 saturated heterocycles. The Kier molecular flexibility index (Phi) is 5.54. The summed E-state index contributed by atoms with van der Waals surface area (Å²) in [4.78, 5) is 6.87. The summed E-state index contributed by atoms with van der Waals surface area (Å²) in [6.45, 7) is 7.79. The van der Waals surface area contributed by atoms with E-state index in [-0.39, 0.29) is 0 Å². The zero-order valence-corrected chi connectivity index (χ0v) is 16.8. The van der Waals surface area contributed by atoms with E-state index in [4.69, 9.17) is 10.00 Å². The van der Waals surface area contributed by atoms with Crippen molar-refractivity contribution in [3.05, 3.63) is 52.8 Å². The number of anilines is 2. The Balaban J connectivity index is 1.55. The molecule has 0 atom stereocenters. The lowest BCUT2D eigenvalue weighted by molar-refractivity contribution is 0.122. The van der Waals surface area contributed by atoms with Crippen LogP contribution in [0, 0.1) is 25.2 Å². The monoisotopic (exact) mass is 388 g/mol. The van der Waals surface area contributed by atoms with Crippen LogP contribution in [0.15, 0.2) is 30.5 Å². The standard InChI is InChI=1S/C22H24N6O/c1-15-9-17(11-18(10-15)13-23)3-4-24-22-19-12-21(28-5-7-29-8-6-28)25-14-20(19)16(2)26-27-22/h9-12,14H,3-8H2,1-2H3,(H,24,27). The van der Waals surface area contributed by atoms with Gasteiger partial charge in [-0.2, -0.15) is 10.4 Å². The van der Waals surface area contributed by atoms with Crippen LogP contribution in [0.3, 0.4) is 0 Å². The van der Waals surface area contributed by atoms with Crippen molar-refractivity contribution in [3.63, 3.8) is 0 Å². The first kappa shape index (κ1) is 19.1. The highest BCUT2D eigenvalue weighted by Gasteiger charge is 2.15. The summed E-state index contributed by atoms with van der Waals surface area (Å²) >= 11 is 0. The molecule has 148 valence electrons. The maximum absolute atomic E-state index is 9.17. The minimum absolute atomic E-state index is 0.696. The van der Waals surface area contributed by atoms with Crippen molar-refractivity contribution in [2.75, 3.05) is 43.1 Å². The molecule has 1 aliphatic heterocycles. The zero-order chi connectivity index (χ0) is 20.2. The van der Waals surface area contributed by atoms with Crippen molar-refractivity contribution < 1.29 is 4.74 Å². The number of aryl methyl sites for hydroxylation is 2. The molecule has 0 saturated carbocycles. The van der Waals surface area contributed by atoms with Gasteiger partial charge in [0.25, 0.3) is 0 Å². The van der Waals surface area contributed by atoms with Crippen molar-refractivity contribution in [2.24, 2.45) is 0 Å². The van der Waals surface area contributed by atoms with E-state index in [9.17, 15) is 0 Å². The first-order valence-corrected chi connectivity index (χ1v) is 9.84. The Bertz CT molecular complexity index is 1070. The number of nitrogens with zero attached hydrogens (tertiary/aromatic N) is 5. The number of hydrogen-bond acceptors (Lipinski definition) is 7.